The highest BCUT2D eigenvalue weighted by atomic mass is 16.3. The quantitative estimate of drug-likeness (QED) is 0.203. The van der Waals surface area contributed by atoms with E-state index in [4.69, 9.17) is 4.42 Å². The Balaban J connectivity index is 1.40. The van der Waals surface area contributed by atoms with E-state index in [-0.39, 0.29) is 0 Å². The Morgan fingerprint density at radius 2 is 1.09 bits per heavy atom. The predicted octanol–water partition coefficient (Wildman–Crippen LogP) is 11.8. The lowest BCUT2D eigenvalue weighted by Gasteiger charge is -2.28. The van der Waals surface area contributed by atoms with Gasteiger partial charge in [0, 0.05) is 44.2 Å². The third kappa shape index (κ3) is 4.05. The third-order valence-corrected chi connectivity index (χ3v) is 8.77. The van der Waals surface area contributed by atoms with Crippen LogP contribution < -0.4 is 4.90 Å². The average Bonchev–Trinajstić information content (AvgIpc) is 3.65. The molecule has 0 aliphatic rings. The highest BCUT2D eigenvalue weighted by Gasteiger charge is 2.24. The van der Waals surface area contributed by atoms with Crippen molar-refractivity contribution in [3.05, 3.63) is 170 Å². The zero-order valence-electron chi connectivity index (χ0n) is 24.5. The highest BCUT2D eigenvalue weighted by molar-refractivity contribution is 6.19. The minimum Gasteiger partial charge on any atom is -0.456 e. The first-order valence-corrected chi connectivity index (χ1v) is 15.3. The molecule has 0 aliphatic carbocycles. The van der Waals surface area contributed by atoms with Gasteiger partial charge in [-0.25, -0.2) is 0 Å². The topological polar surface area (TPSA) is 21.3 Å². The van der Waals surface area contributed by atoms with Crippen LogP contribution in [0, 0.1) is 0 Å². The molecular weight excluding hydrogens is 548 g/mol. The van der Waals surface area contributed by atoms with E-state index in [2.05, 4.69) is 167 Å². The first-order valence-electron chi connectivity index (χ1n) is 15.3. The van der Waals surface area contributed by atoms with Gasteiger partial charge >= 0.3 is 0 Å². The van der Waals surface area contributed by atoms with Gasteiger partial charge < -0.3 is 13.9 Å². The lowest BCUT2D eigenvalue weighted by Crippen LogP contribution is -2.11. The van der Waals surface area contributed by atoms with E-state index in [0.29, 0.717) is 0 Å². The summed E-state index contributed by atoms with van der Waals surface area (Å²) >= 11 is 0. The third-order valence-electron chi connectivity index (χ3n) is 8.77. The van der Waals surface area contributed by atoms with E-state index >= 15 is 0 Å². The number of hydrogen-bond acceptors (Lipinski definition) is 2. The summed E-state index contributed by atoms with van der Waals surface area (Å²) in [6, 6.07) is 60.2. The predicted molar refractivity (Wildman–Crippen MR) is 188 cm³/mol. The van der Waals surface area contributed by atoms with Crippen molar-refractivity contribution in [2.24, 2.45) is 0 Å². The van der Waals surface area contributed by atoms with Crippen LogP contribution in [0.3, 0.4) is 0 Å². The minimum atomic E-state index is 0.887. The van der Waals surface area contributed by atoms with Gasteiger partial charge in [0.25, 0.3) is 0 Å². The van der Waals surface area contributed by atoms with Crippen LogP contribution in [0.4, 0.5) is 17.1 Å². The molecule has 3 heteroatoms. The lowest BCUT2D eigenvalue weighted by atomic mass is 9.96. The molecule has 0 amide bonds. The molecule has 0 saturated carbocycles. The number of rotatable bonds is 5. The number of para-hydroxylation sites is 4. The van der Waals surface area contributed by atoms with E-state index in [1.807, 2.05) is 12.1 Å². The van der Waals surface area contributed by atoms with Crippen molar-refractivity contribution < 1.29 is 4.42 Å². The molecule has 3 nitrogen and oxygen atoms in total. The molecule has 45 heavy (non-hydrogen) atoms. The van der Waals surface area contributed by atoms with Crippen LogP contribution in [0.2, 0.25) is 0 Å². The molecule has 9 rings (SSSR count). The molecule has 0 N–H and O–H groups in total. The molecule has 0 atom stereocenters. The van der Waals surface area contributed by atoms with Crippen LogP contribution in [0.5, 0.6) is 0 Å². The van der Waals surface area contributed by atoms with Gasteiger partial charge in [-0.2, -0.15) is 0 Å². The molecular formula is C42H28N2O. The number of furan rings is 1. The molecule has 0 saturated heterocycles. The fraction of sp³-hybridized carbons (Fsp3) is 0. The van der Waals surface area contributed by atoms with Crippen molar-refractivity contribution in [2.75, 3.05) is 4.90 Å². The van der Waals surface area contributed by atoms with Gasteiger partial charge in [0.15, 0.2) is 0 Å². The van der Waals surface area contributed by atoms with Crippen LogP contribution in [-0.4, -0.2) is 4.57 Å². The zero-order chi connectivity index (χ0) is 29.7. The molecule has 0 radical (unpaired) electrons. The zero-order valence-corrected chi connectivity index (χ0v) is 24.5. The van der Waals surface area contributed by atoms with Gasteiger partial charge in [0.1, 0.15) is 11.2 Å². The van der Waals surface area contributed by atoms with Crippen molar-refractivity contribution in [1.82, 2.24) is 4.57 Å². The summed E-state index contributed by atoms with van der Waals surface area (Å²) in [4.78, 5) is 2.39. The van der Waals surface area contributed by atoms with Crippen molar-refractivity contribution in [3.63, 3.8) is 0 Å². The molecule has 212 valence electrons. The molecule has 2 heterocycles. The number of hydrogen-bond donors (Lipinski definition) is 0. The average molecular weight is 577 g/mol. The Labute approximate surface area is 260 Å². The van der Waals surface area contributed by atoms with Gasteiger partial charge in [-0.1, -0.05) is 103 Å². The van der Waals surface area contributed by atoms with E-state index in [9.17, 15) is 0 Å². The fourth-order valence-electron chi connectivity index (χ4n) is 6.85. The summed E-state index contributed by atoms with van der Waals surface area (Å²) in [6.45, 7) is 0. The van der Waals surface area contributed by atoms with Crippen LogP contribution >= 0.6 is 0 Å². The second-order valence-corrected chi connectivity index (χ2v) is 11.4. The Morgan fingerprint density at radius 3 is 1.89 bits per heavy atom. The van der Waals surface area contributed by atoms with Crippen LogP contribution in [0.15, 0.2) is 174 Å². The number of fused-ring (bicyclic) bond motifs is 6. The van der Waals surface area contributed by atoms with Crippen LogP contribution in [0.25, 0.3) is 60.6 Å². The van der Waals surface area contributed by atoms with Gasteiger partial charge in [0.2, 0.25) is 0 Å². The normalized spacial score (nSPS) is 11.6. The molecule has 0 unspecified atom stereocenters. The summed E-state index contributed by atoms with van der Waals surface area (Å²) in [7, 11) is 0. The second kappa shape index (κ2) is 10.3. The summed E-state index contributed by atoms with van der Waals surface area (Å²) in [5.74, 6) is 0. The standard InChI is InChI=1S/C42H28N2O/c1-4-14-29(15-5-1)41-37(25-26-38-42(41)34-21-10-12-22-36(34)44(38)31-18-8-3-9-19-31)43(30-16-6-2-7-17-30)32-24-27-40-35(28-32)33-20-11-13-23-39(33)45-40/h1-28H. The Morgan fingerprint density at radius 1 is 0.444 bits per heavy atom. The summed E-state index contributed by atoms with van der Waals surface area (Å²) < 4.78 is 8.61. The Hall–Kier alpha value is -6.06. The maximum absolute atomic E-state index is 6.22. The summed E-state index contributed by atoms with van der Waals surface area (Å²) in [5.41, 5.74) is 10.9. The molecule has 0 aliphatic heterocycles. The van der Waals surface area contributed by atoms with Crippen molar-refractivity contribution in [3.8, 4) is 16.8 Å². The number of nitrogens with zero attached hydrogens (tertiary/aromatic N) is 2. The largest absolute Gasteiger partial charge is 0.456 e. The fourth-order valence-corrected chi connectivity index (χ4v) is 6.85. The molecule has 0 fully saturated rings. The second-order valence-electron chi connectivity index (χ2n) is 11.4. The summed E-state index contributed by atoms with van der Waals surface area (Å²) in [6.07, 6.45) is 0. The molecule has 0 spiro atoms. The Kier molecular flexibility index (Phi) is 5.82. The minimum absolute atomic E-state index is 0.887. The number of aromatic nitrogens is 1. The maximum Gasteiger partial charge on any atom is 0.135 e. The molecule has 9 aromatic rings. The highest BCUT2D eigenvalue weighted by Crippen LogP contribution is 2.48. The van der Waals surface area contributed by atoms with Gasteiger partial charge in [0.05, 0.1) is 16.7 Å². The first-order chi connectivity index (χ1) is 22.3. The van der Waals surface area contributed by atoms with E-state index < -0.39 is 0 Å². The van der Waals surface area contributed by atoms with E-state index in [0.717, 1.165) is 44.7 Å². The van der Waals surface area contributed by atoms with Crippen molar-refractivity contribution >= 4 is 60.8 Å². The van der Waals surface area contributed by atoms with Crippen molar-refractivity contribution in [1.29, 1.82) is 0 Å². The molecule has 0 bridgehead atoms. The number of benzene rings is 7. The lowest BCUT2D eigenvalue weighted by molar-refractivity contribution is 0.669. The van der Waals surface area contributed by atoms with Gasteiger partial charge in [-0.15, -0.1) is 0 Å². The maximum atomic E-state index is 6.22. The van der Waals surface area contributed by atoms with E-state index in [1.165, 1.54) is 32.9 Å². The first kappa shape index (κ1) is 25.4. The SMILES string of the molecule is c1ccc(-c2c(N(c3ccccc3)c3ccc4oc5ccccc5c4c3)ccc3c2c2ccccc2n3-c2ccccc2)cc1. The van der Waals surface area contributed by atoms with Crippen LogP contribution in [-0.2, 0) is 0 Å². The smallest absolute Gasteiger partial charge is 0.135 e. The van der Waals surface area contributed by atoms with Crippen LogP contribution in [0.1, 0.15) is 0 Å². The van der Waals surface area contributed by atoms with Crippen molar-refractivity contribution in [2.45, 2.75) is 0 Å². The molecule has 7 aromatic carbocycles. The monoisotopic (exact) mass is 576 g/mol. The Bertz CT molecular complexity index is 2470. The van der Waals surface area contributed by atoms with E-state index in [1.54, 1.807) is 0 Å². The van der Waals surface area contributed by atoms with Gasteiger partial charge in [-0.3, -0.25) is 0 Å². The van der Waals surface area contributed by atoms with Gasteiger partial charge in [-0.05, 0) is 72.3 Å². The summed E-state index contributed by atoms with van der Waals surface area (Å²) in [5, 5.41) is 4.68. The molecule has 2 aromatic heterocycles. The number of anilines is 3.